The molecule has 19 heavy (non-hydrogen) atoms. The summed E-state index contributed by atoms with van der Waals surface area (Å²) in [6.45, 7) is 4.54. The molecule has 0 aliphatic rings. The number of aromatic amines is 1. The number of carbonyl (C=O) groups is 1. The van der Waals surface area contributed by atoms with E-state index in [1.807, 2.05) is 37.4 Å². The van der Waals surface area contributed by atoms with Crippen molar-refractivity contribution in [2.45, 2.75) is 26.4 Å². The van der Waals surface area contributed by atoms with E-state index in [-0.39, 0.29) is 5.97 Å². The molecule has 2 aromatic rings. The fraction of sp³-hybridized carbons (Fsp3) is 0.400. The lowest BCUT2D eigenvalue weighted by molar-refractivity contribution is -0.156. The Morgan fingerprint density at radius 3 is 2.84 bits per heavy atom. The summed E-state index contributed by atoms with van der Waals surface area (Å²) in [4.78, 5) is 15.0. The average Bonchev–Trinajstić information content (AvgIpc) is 2.87. The van der Waals surface area contributed by atoms with Crippen molar-refractivity contribution in [2.75, 3.05) is 13.2 Å². The van der Waals surface area contributed by atoms with Gasteiger partial charge in [0.15, 0.2) is 6.10 Å². The topological polar surface area (TPSA) is 51.3 Å². The molecule has 0 unspecified atom stereocenters. The van der Waals surface area contributed by atoms with E-state index in [4.69, 9.17) is 9.47 Å². The summed E-state index contributed by atoms with van der Waals surface area (Å²) in [6.07, 6.45) is 1.89. The quantitative estimate of drug-likeness (QED) is 0.813. The van der Waals surface area contributed by atoms with Crippen LogP contribution in [-0.2, 0) is 20.7 Å². The summed E-state index contributed by atoms with van der Waals surface area (Å²) in [5.74, 6) is -0.295. The molecule has 0 amide bonds. The molecule has 0 saturated carbocycles. The minimum Gasteiger partial charge on any atom is -0.464 e. The summed E-state index contributed by atoms with van der Waals surface area (Å²) in [7, 11) is 0. The van der Waals surface area contributed by atoms with Crippen LogP contribution in [0.5, 0.6) is 0 Å². The van der Waals surface area contributed by atoms with Crippen molar-refractivity contribution >= 4 is 16.9 Å². The first-order valence-corrected chi connectivity index (χ1v) is 6.59. The minimum absolute atomic E-state index is 0.295. The maximum Gasteiger partial charge on any atom is 0.335 e. The third kappa shape index (κ3) is 3.15. The maximum absolute atomic E-state index is 11.9. The Hall–Kier alpha value is -1.81. The number of ether oxygens (including phenoxy) is 2. The van der Waals surface area contributed by atoms with Gasteiger partial charge < -0.3 is 14.5 Å². The van der Waals surface area contributed by atoms with Crippen LogP contribution in [0.2, 0.25) is 0 Å². The van der Waals surface area contributed by atoms with Crippen molar-refractivity contribution in [3.05, 3.63) is 36.0 Å². The Bertz CT molecular complexity index is 547. The van der Waals surface area contributed by atoms with Crippen molar-refractivity contribution in [2.24, 2.45) is 0 Å². The molecule has 102 valence electrons. The van der Waals surface area contributed by atoms with Crippen molar-refractivity contribution in [3.63, 3.8) is 0 Å². The van der Waals surface area contributed by atoms with Crippen molar-refractivity contribution < 1.29 is 14.3 Å². The van der Waals surface area contributed by atoms with E-state index in [1.54, 1.807) is 6.92 Å². The number of aromatic nitrogens is 1. The highest BCUT2D eigenvalue weighted by molar-refractivity contribution is 5.84. The number of hydrogen-bond acceptors (Lipinski definition) is 3. The number of H-pyrrole nitrogens is 1. The predicted molar refractivity (Wildman–Crippen MR) is 74.0 cm³/mol. The Balaban J connectivity index is 2.20. The van der Waals surface area contributed by atoms with E-state index in [2.05, 4.69) is 4.98 Å². The van der Waals surface area contributed by atoms with Gasteiger partial charge in [-0.2, -0.15) is 0 Å². The second-order valence-corrected chi connectivity index (χ2v) is 4.26. The van der Waals surface area contributed by atoms with E-state index in [0.717, 1.165) is 16.5 Å². The number of nitrogens with one attached hydrogen (secondary N) is 1. The fourth-order valence-corrected chi connectivity index (χ4v) is 2.17. The van der Waals surface area contributed by atoms with Gasteiger partial charge in [0.05, 0.1) is 6.61 Å². The van der Waals surface area contributed by atoms with Gasteiger partial charge in [-0.1, -0.05) is 12.1 Å². The van der Waals surface area contributed by atoms with Gasteiger partial charge in [-0.15, -0.1) is 0 Å². The summed E-state index contributed by atoms with van der Waals surface area (Å²) < 4.78 is 10.6. The van der Waals surface area contributed by atoms with Gasteiger partial charge in [-0.3, -0.25) is 0 Å². The molecular weight excluding hydrogens is 242 g/mol. The van der Waals surface area contributed by atoms with Gasteiger partial charge in [0, 0.05) is 30.1 Å². The zero-order valence-corrected chi connectivity index (χ0v) is 11.3. The van der Waals surface area contributed by atoms with E-state index in [9.17, 15) is 4.79 Å². The van der Waals surface area contributed by atoms with Crippen LogP contribution < -0.4 is 0 Å². The van der Waals surface area contributed by atoms with Crippen LogP contribution >= 0.6 is 0 Å². The highest BCUT2D eigenvalue weighted by atomic mass is 16.6. The van der Waals surface area contributed by atoms with Crippen LogP contribution in [0.4, 0.5) is 0 Å². The second kappa shape index (κ2) is 6.38. The average molecular weight is 261 g/mol. The van der Waals surface area contributed by atoms with Gasteiger partial charge in [0.2, 0.25) is 0 Å². The number of hydrogen-bond donors (Lipinski definition) is 1. The molecule has 0 radical (unpaired) electrons. The molecule has 1 aromatic heterocycles. The lowest BCUT2D eigenvalue weighted by Crippen LogP contribution is -2.29. The molecule has 2 rings (SSSR count). The second-order valence-electron chi connectivity index (χ2n) is 4.26. The first-order chi connectivity index (χ1) is 9.26. The lowest BCUT2D eigenvalue weighted by atomic mass is 10.0. The number of benzene rings is 1. The number of esters is 1. The number of carbonyl (C=O) groups excluding carboxylic acids is 1. The molecule has 0 spiro atoms. The first-order valence-electron chi connectivity index (χ1n) is 6.59. The fourth-order valence-electron chi connectivity index (χ4n) is 2.17. The standard InChI is InChI=1S/C15H19NO3/c1-3-18-14(15(17)19-4-2)10-11-6-5-7-13-12(11)8-9-16-13/h5-9,14,16H,3-4,10H2,1-2H3/t14-/m1/s1. The van der Waals surface area contributed by atoms with E-state index < -0.39 is 6.10 Å². The Labute approximate surface area is 112 Å². The van der Waals surface area contributed by atoms with Gasteiger partial charge >= 0.3 is 5.97 Å². The van der Waals surface area contributed by atoms with Gasteiger partial charge in [0.25, 0.3) is 0 Å². The van der Waals surface area contributed by atoms with Crippen LogP contribution in [0.25, 0.3) is 10.9 Å². The zero-order chi connectivity index (χ0) is 13.7. The Morgan fingerprint density at radius 1 is 1.26 bits per heavy atom. The highest BCUT2D eigenvalue weighted by Gasteiger charge is 2.21. The SMILES string of the molecule is CCOC(=O)[C@@H](Cc1cccc2[nH]ccc12)OCC. The molecule has 0 saturated heterocycles. The summed E-state index contributed by atoms with van der Waals surface area (Å²) in [5, 5.41) is 1.12. The molecule has 0 aliphatic carbocycles. The van der Waals surface area contributed by atoms with E-state index in [1.165, 1.54) is 0 Å². The van der Waals surface area contributed by atoms with Crippen molar-refractivity contribution in [1.82, 2.24) is 4.98 Å². The monoisotopic (exact) mass is 261 g/mol. The molecule has 0 bridgehead atoms. The number of rotatable bonds is 6. The van der Waals surface area contributed by atoms with Crippen molar-refractivity contribution in [1.29, 1.82) is 0 Å². The molecule has 0 aliphatic heterocycles. The molecular formula is C15H19NO3. The summed E-state index contributed by atoms with van der Waals surface area (Å²) in [5.41, 5.74) is 2.15. The normalized spacial score (nSPS) is 12.5. The predicted octanol–water partition coefficient (Wildman–Crippen LogP) is 2.68. The molecule has 1 atom stereocenters. The Kier molecular flexibility index (Phi) is 4.58. The van der Waals surface area contributed by atoms with Crippen LogP contribution in [0.1, 0.15) is 19.4 Å². The van der Waals surface area contributed by atoms with Crippen LogP contribution in [0, 0.1) is 0 Å². The van der Waals surface area contributed by atoms with Gasteiger partial charge in [0.1, 0.15) is 0 Å². The molecule has 1 aromatic carbocycles. The summed E-state index contributed by atoms with van der Waals surface area (Å²) >= 11 is 0. The zero-order valence-electron chi connectivity index (χ0n) is 11.3. The molecule has 4 nitrogen and oxygen atoms in total. The third-order valence-electron chi connectivity index (χ3n) is 3.01. The van der Waals surface area contributed by atoms with Crippen molar-refractivity contribution in [3.8, 4) is 0 Å². The lowest BCUT2D eigenvalue weighted by Gasteiger charge is -2.16. The largest absolute Gasteiger partial charge is 0.464 e. The van der Waals surface area contributed by atoms with Crippen LogP contribution in [0.3, 0.4) is 0 Å². The Morgan fingerprint density at radius 2 is 2.11 bits per heavy atom. The maximum atomic E-state index is 11.9. The number of fused-ring (bicyclic) bond motifs is 1. The molecule has 1 N–H and O–H groups in total. The van der Waals surface area contributed by atoms with Crippen LogP contribution in [0.15, 0.2) is 30.5 Å². The smallest absolute Gasteiger partial charge is 0.335 e. The minimum atomic E-state index is -0.537. The third-order valence-corrected chi connectivity index (χ3v) is 3.01. The molecule has 1 heterocycles. The summed E-state index contributed by atoms with van der Waals surface area (Å²) in [6, 6.07) is 8.02. The van der Waals surface area contributed by atoms with E-state index >= 15 is 0 Å². The van der Waals surface area contributed by atoms with Gasteiger partial charge in [-0.05, 0) is 31.5 Å². The molecule has 4 heteroatoms. The van der Waals surface area contributed by atoms with Gasteiger partial charge in [-0.25, -0.2) is 4.79 Å². The first kappa shape index (κ1) is 13.6. The molecule has 0 fully saturated rings. The van der Waals surface area contributed by atoms with Crippen LogP contribution in [-0.4, -0.2) is 30.3 Å². The van der Waals surface area contributed by atoms with E-state index in [0.29, 0.717) is 19.6 Å². The highest BCUT2D eigenvalue weighted by Crippen LogP contribution is 2.20.